The number of amides is 1. The summed E-state index contributed by atoms with van der Waals surface area (Å²) in [6.07, 6.45) is 0. The Morgan fingerprint density at radius 2 is 2.31 bits per heavy atom. The van der Waals surface area contributed by atoms with Gasteiger partial charge in [-0.15, -0.1) is 0 Å². The van der Waals surface area contributed by atoms with Gasteiger partial charge >= 0.3 is 0 Å². The number of rotatable bonds is 5. The molecule has 5 heteroatoms. The maximum atomic E-state index is 10.7. The zero-order chi connectivity index (χ0) is 12.2. The summed E-state index contributed by atoms with van der Waals surface area (Å²) in [4.78, 5) is 10.7. The Morgan fingerprint density at radius 3 is 2.88 bits per heavy atom. The second kappa shape index (κ2) is 5.14. The van der Waals surface area contributed by atoms with Crippen LogP contribution in [0.15, 0.2) is 16.5 Å². The molecule has 1 unspecified atom stereocenters. The number of nitrogens with one attached hydrogen (secondary N) is 1. The van der Waals surface area contributed by atoms with Crippen LogP contribution in [0.3, 0.4) is 0 Å². The van der Waals surface area contributed by atoms with Crippen LogP contribution in [-0.4, -0.2) is 12.5 Å². The number of hydrogen-bond donors (Lipinski definition) is 2. The van der Waals surface area contributed by atoms with Crippen molar-refractivity contribution in [2.75, 3.05) is 6.61 Å². The highest BCUT2D eigenvalue weighted by atomic mass is 16.5. The summed E-state index contributed by atoms with van der Waals surface area (Å²) in [5.41, 5.74) is 4.99. The molecule has 0 spiro atoms. The molecule has 0 aliphatic rings. The predicted octanol–water partition coefficient (Wildman–Crippen LogP) is 1.08. The fraction of sp³-hybridized carbons (Fsp3) is 0.545. The van der Waals surface area contributed by atoms with Gasteiger partial charge in [-0.3, -0.25) is 10.5 Å². The van der Waals surface area contributed by atoms with Crippen LogP contribution in [0.25, 0.3) is 0 Å². The number of carbonyl (C=O) groups excluding carboxylic acids is 1. The van der Waals surface area contributed by atoms with E-state index in [4.69, 9.17) is 14.9 Å². The fourth-order valence-corrected chi connectivity index (χ4v) is 1.32. The molecule has 0 radical (unpaired) electrons. The standard InChI is InChI=1S/C11H18N2O3/c1-4-15-11(3,12)10-6-5-9(16-10)7-13-8(2)14/h5-6H,4,7,12H2,1-3H3,(H,13,14). The van der Waals surface area contributed by atoms with Gasteiger partial charge < -0.3 is 14.5 Å². The second-order valence-corrected chi connectivity index (χ2v) is 3.72. The van der Waals surface area contributed by atoms with E-state index in [9.17, 15) is 4.79 Å². The van der Waals surface area contributed by atoms with Crippen LogP contribution in [0.4, 0.5) is 0 Å². The van der Waals surface area contributed by atoms with Gasteiger partial charge in [0.15, 0.2) is 11.5 Å². The molecule has 0 aliphatic carbocycles. The minimum Gasteiger partial charge on any atom is -0.460 e. The smallest absolute Gasteiger partial charge is 0.217 e. The molecule has 0 saturated carbocycles. The lowest BCUT2D eigenvalue weighted by atomic mass is 10.2. The predicted molar refractivity (Wildman–Crippen MR) is 59.4 cm³/mol. The molecule has 90 valence electrons. The molecular formula is C11H18N2O3. The van der Waals surface area contributed by atoms with Gasteiger partial charge in [0, 0.05) is 13.5 Å². The Morgan fingerprint density at radius 1 is 1.62 bits per heavy atom. The summed E-state index contributed by atoms with van der Waals surface area (Å²) in [7, 11) is 0. The van der Waals surface area contributed by atoms with Gasteiger partial charge in [0.2, 0.25) is 5.91 Å². The summed E-state index contributed by atoms with van der Waals surface area (Å²) in [5.74, 6) is 1.11. The van der Waals surface area contributed by atoms with Crippen molar-refractivity contribution in [3.63, 3.8) is 0 Å². The maximum absolute atomic E-state index is 10.7. The minimum absolute atomic E-state index is 0.0988. The Bertz CT molecular complexity index is 358. The van der Waals surface area contributed by atoms with Gasteiger partial charge in [0.1, 0.15) is 5.76 Å². The van der Waals surface area contributed by atoms with Crippen molar-refractivity contribution >= 4 is 5.91 Å². The molecule has 0 aliphatic heterocycles. The van der Waals surface area contributed by atoms with Crippen molar-refractivity contribution in [2.45, 2.75) is 33.0 Å². The lowest BCUT2D eigenvalue weighted by Crippen LogP contribution is -2.35. The summed E-state index contributed by atoms with van der Waals surface area (Å²) < 4.78 is 10.8. The van der Waals surface area contributed by atoms with Gasteiger partial charge in [-0.05, 0) is 26.0 Å². The average Bonchev–Trinajstić information content (AvgIpc) is 2.63. The van der Waals surface area contributed by atoms with Crippen molar-refractivity contribution < 1.29 is 13.9 Å². The molecule has 16 heavy (non-hydrogen) atoms. The fourth-order valence-electron chi connectivity index (χ4n) is 1.32. The van der Waals surface area contributed by atoms with Crippen LogP contribution in [0.1, 0.15) is 32.3 Å². The van der Waals surface area contributed by atoms with Crippen molar-refractivity contribution in [2.24, 2.45) is 5.73 Å². The number of ether oxygens (including phenoxy) is 1. The molecule has 1 rings (SSSR count). The zero-order valence-corrected chi connectivity index (χ0v) is 9.87. The van der Waals surface area contributed by atoms with Crippen molar-refractivity contribution in [1.82, 2.24) is 5.32 Å². The van der Waals surface area contributed by atoms with E-state index in [2.05, 4.69) is 5.32 Å². The van der Waals surface area contributed by atoms with Crippen LogP contribution in [0.2, 0.25) is 0 Å². The minimum atomic E-state index is -0.927. The van der Waals surface area contributed by atoms with Gasteiger partial charge in [-0.2, -0.15) is 0 Å². The third-order valence-corrected chi connectivity index (χ3v) is 2.11. The molecule has 1 heterocycles. The van der Waals surface area contributed by atoms with E-state index in [1.165, 1.54) is 6.92 Å². The number of hydrogen-bond acceptors (Lipinski definition) is 4. The first-order chi connectivity index (χ1) is 7.45. The highest BCUT2D eigenvalue weighted by Crippen LogP contribution is 2.21. The molecule has 3 N–H and O–H groups in total. The average molecular weight is 226 g/mol. The maximum Gasteiger partial charge on any atom is 0.217 e. The zero-order valence-electron chi connectivity index (χ0n) is 9.87. The summed E-state index contributed by atoms with van der Waals surface area (Å²) in [6.45, 7) is 5.92. The molecule has 0 bridgehead atoms. The van der Waals surface area contributed by atoms with Gasteiger partial charge in [-0.25, -0.2) is 0 Å². The van der Waals surface area contributed by atoms with E-state index < -0.39 is 5.72 Å². The topological polar surface area (TPSA) is 77.5 Å². The molecule has 0 fully saturated rings. The molecule has 0 aromatic carbocycles. The molecule has 1 aromatic heterocycles. The van der Waals surface area contributed by atoms with E-state index in [1.807, 2.05) is 6.92 Å². The Balaban J connectivity index is 2.67. The molecule has 5 nitrogen and oxygen atoms in total. The largest absolute Gasteiger partial charge is 0.460 e. The highest BCUT2D eigenvalue weighted by molar-refractivity contribution is 5.72. The Labute approximate surface area is 94.9 Å². The first kappa shape index (κ1) is 12.7. The number of nitrogens with two attached hydrogens (primary N) is 1. The normalized spacial score (nSPS) is 14.5. The van der Waals surface area contributed by atoms with Crippen LogP contribution >= 0.6 is 0 Å². The number of carbonyl (C=O) groups is 1. The summed E-state index contributed by atoms with van der Waals surface area (Å²) in [5, 5.41) is 2.64. The van der Waals surface area contributed by atoms with Gasteiger partial charge in [0.25, 0.3) is 0 Å². The van der Waals surface area contributed by atoms with E-state index in [1.54, 1.807) is 19.1 Å². The molecule has 1 atom stereocenters. The molecule has 1 amide bonds. The van der Waals surface area contributed by atoms with Crippen molar-refractivity contribution in [3.8, 4) is 0 Å². The molecule has 1 aromatic rings. The van der Waals surface area contributed by atoms with E-state index in [0.29, 0.717) is 24.7 Å². The summed E-state index contributed by atoms with van der Waals surface area (Å²) >= 11 is 0. The lowest BCUT2D eigenvalue weighted by molar-refractivity contribution is -0.119. The number of furan rings is 1. The second-order valence-electron chi connectivity index (χ2n) is 3.72. The van der Waals surface area contributed by atoms with E-state index in [0.717, 1.165) is 0 Å². The van der Waals surface area contributed by atoms with Crippen molar-refractivity contribution in [1.29, 1.82) is 0 Å². The third kappa shape index (κ3) is 3.36. The SMILES string of the molecule is CCOC(C)(N)c1ccc(CNC(C)=O)o1. The first-order valence-corrected chi connectivity index (χ1v) is 5.22. The van der Waals surface area contributed by atoms with E-state index in [-0.39, 0.29) is 5.91 Å². The molecule has 0 saturated heterocycles. The lowest BCUT2D eigenvalue weighted by Gasteiger charge is -2.21. The quantitative estimate of drug-likeness (QED) is 0.736. The van der Waals surface area contributed by atoms with Gasteiger partial charge in [0.05, 0.1) is 6.54 Å². The van der Waals surface area contributed by atoms with Crippen LogP contribution < -0.4 is 11.1 Å². The van der Waals surface area contributed by atoms with E-state index >= 15 is 0 Å². The Kier molecular flexibility index (Phi) is 4.09. The monoisotopic (exact) mass is 226 g/mol. The highest BCUT2D eigenvalue weighted by Gasteiger charge is 2.25. The summed E-state index contributed by atoms with van der Waals surface area (Å²) in [6, 6.07) is 3.53. The third-order valence-electron chi connectivity index (χ3n) is 2.11. The van der Waals surface area contributed by atoms with Crippen LogP contribution in [-0.2, 0) is 21.8 Å². The van der Waals surface area contributed by atoms with Crippen LogP contribution in [0, 0.1) is 0 Å². The molecular weight excluding hydrogens is 208 g/mol. The van der Waals surface area contributed by atoms with Gasteiger partial charge in [-0.1, -0.05) is 0 Å². The Hall–Kier alpha value is -1.33. The first-order valence-electron chi connectivity index (χ1n) is 5.22. The van der Waals surface area contributed by atoms with Crippen LogP contribution in [0.5, 0.6) is 0 Å². The van der Waals surface area contributed by atoms with Crippen molar-refractivity contribution in [3.05, 3.63) is 23.7 Å².